The van der Waals surface area contributed by atoms with Crippen molar-refractivity contribution in [1.82, 2.24) is 9.80 Å². The number of β-lactam (4-membered cyclic amide) rings is 1. The van der Waals surface area contributed by atoms with E-state index in [1.165, 1.54) is 5.56 Å². The van der Waals surface area contributed by atoms with Gasteiger partial charge in [-0.1, -0.05) is 43.2 Å². The topological polar surface area (TPSA) is 49.9 Å². The van der Waals surface area contributed by atoms with E-state index in [1.54, 1.807) is 0 Å². The highest BCUT2D eigenvalue weighted by Gasteiger charge is 2.63. The normalized spacial score (nSPS) is 25.1. The highest BCUT2D eigenvalue weighted by Crippen LogP contribution is 2.60. The molecule has 27 heavy (non-hydrogen) atoms. The summed E-state index contributed by atoms with van der Waals surface area (Å²) in [4.78, 5) is 29.5. The molecule has 1 aromatic carbocycles. The highest BCUT2D eigenvalue weighted by molar-refractivity contribution is 5.91. The number of rotatable bonds is 5. The van der Waals surface area contributed by atoms with E-state index in [2.05, 4.69) is 29.2 Å². The number of amides is 2. The minimum absolute atomic E-state index is 0.0668. The molecule has 0 radical (unpaired) electrons. The summed E-state index contributed by atoms with van der Waals surface area (Å²) in [6.45, 7) is 4.06. The fourth-order valence-corrected chi connectivity index (χ4v) is 5.35. The van der Waals surface area contributed by atoms with Crippen LogP contribution in [0.4, 0.5) is 0 Å². The quantitative estimate of drug-likeness (QED) is 0.748. The molecule has 1 aliphatic carbocycles. The third-order valence-corrected chi connectivity index (χ3v) is 6.71. The molecule has 5 heteroatoms. The summed E-state index contributed by atoms with van der Waals surface area (Å²) < 4.78 is 5.25. The number of carbonyl (C=O) groups is 2. The second-order valence-electron chi connectivity index (χ2n) is 8.14. The number of benzene rings is 1. The molecule has 0 aromatic heterocycles. The van der Waals surface area contributed by atoms with Crippen LogP contribution in [-0.4, -0.2) is 54.0 Å². The van der Waals surface area contributed by atoms with E-state index in [4.69, 9.17) is 4.74 Å². The fraction of sp³-hybridized carbons (Fsp3) is 0.636. The first-order valence-corrected chi connectivity index (χ1v) is 10.4. The smallest absolute Gasteiger partial charge is 0.248 e. The zero-order valence-corrected chi connectivity index (χ0v) is 16.2. The van der Waals surface area contributed by atoms with Gasteiger partial charge in [0.2, 0.25) is 11.8 Å². The maximum atomic E-state index is 13.3. The molecule has 3 aliphatic rings. The first-order chi connectivity index (χ1) is 13.2. The van der Waals surface area contributed by atoms with Crippen LogP contribution in [0.25, 0.3) is 0 Å². The first kappa shape index (κ1) is 18.5. The van der Waals surface area contributed by atoms with Crippen LogP contribution < -0.4 is 0 Å². The van der Waals surface area contributed by atoms with Gasteiger partial charge in [-0.15, -0.1) is 0 Å². The van der Waals surface area contributed by atoms with Gasteiger partial charge in [0.05, 0.1) is 11.5 Å². The second-order valence-corrected chi connectivity index (χ2v) is 8.14. The second kappa shape index (κ2) is 7.63. The molecule has 1 spiro atoms. The Bertz CT molecular complexity index is 676. The van der Waals surface area contributed by atoms with Crippen molar-refractivity contribution in [2.45, 2.75) is 57.5 Å². The number of hydrogen-bond donors (Lipinski definition) is 0. The maximum Gasteiger partial charge on any atom is 0.248 e. The summed E-state index contributed by atoms with van der Waals surface area (Å²) >= 11 is 0. The van der Waals surface area contributed by atoms with Gasteiger partial charge in [0.15, 0.2) is 0 Å². The van der Waals surface area contributed by atoms with Gasteiger partial charge in [0.25, 0.3) is 0 Å². The summed E-state index contributed by atoms with van der Waals surface area (Å²) in [5.74, 6) is 0.421. The van der Waals surface area contributed by atoms with Crippen molar-refractivity contribution in [2.24, 2.45) is 5.41 Å². The Hall–Kier alpha value is -1.88. The van der Waals surface area contributed by atoms with Crippen molar-refractivity contribution in [1.29, 1.82) is 0 Å². The van der Waals surface area contributed by atoms with E-state index in [9.17, 15) is 9.59 Å². The zero-order valence-electron chi connectivity index (χ0n) is 16.2. The summed E-state index contributed by atoms with van der Waals surface area (Å²) in [6.07, 6.45) is 6.09. The maximum absolute atomic E-state index is 13.3. The van der Waals surface area contributed by atoms with Crippen LogP contribution in [0.1, 0.15) is 57.1 Å². The SMILES string of the molecule is CCOCC(=O)N1CCC(N2C(=O)C3(CCCC3)C2c2ccccc2)CC1. The van der Waals surface area contributed by atoms with Crippen molar-refractivity contribution >= 4 is 11.8 Å². The van der Waals surface area contributed by atoms with Gasteiger partial charge in [-0.2, -0.15) is 0 Å². The molecule has 4 rings (SSSR count). The standard InChI is InChI=1S/C22H30N2O3/c1-2-27-16-19(25)23-14-10-18(11-15-23)24-20(17-8-4-3-5-9-17)22(21(24)26)12-6-7-13-22/h3-5,8-9,18,20H,2,6-7,10-16H2,1H3. The lowest BCUT2D eigenvalue weighted by Crippen LogP contribution is -2.66. The molecule has 0 bridgehead atoms. The van der Waals surface area contributed by atoms with Crippen LogP contribution in [0.5, 0.6) is 0 Å². The van der Waals surface area contributed by atoms with E-state index in [0.29, 0.717) is 12.5 Å². The molecular formula is C22H30N2O3. The Morgan fingerprint density at radius 3 is 2.44 bits per heavy atom. The van der Waals surface area contributed by atoms with Crippen LogP contribution in [0, 0.1) is 5.41 Å². The highest BCUT2D eigenvalue weighted by atomic mass is 16.5. The number of piperidine rings is 1. The third-order valence-electron chi connectivity index (χ3n) is 6.71. The summed E-state index contributed by atoms with van der Waals surface area (Å²) in [5, 5.41) is 0. The molecule has 146 valence electrons. The molecule has 0 N–H and O–H groups in total. The van der Waals surface area contributed by atoms with Gasteiger partial charge in [-0.05, 0) is 38.2 Å². The predicted molar refractivity (Wildman–Crippen MR) is 103 cm³/mol. The lowest BCUT2D eigenvalue weighted by atomic mass is 9.65. The van der Waals surface area contributed by atoms with Crippen LogP contribution in [0.3, 0.4) is 0 Å². The summed E-state index contributed by atoms with van der Waals surface area (Å²) in [5.41, 5.74) is 1.11. The Morgan fingerprint density at radius 1 is 1.15 bits per heavy atom. The van der Waals surface area contributed by atoms with Crippen molar-refractivity contribution in [3.05, 3.63) is 35.9 Å². The average molecular weight is 370 g/mol. The van der Waals surface area contributed by atoms with Crippen molar-refractivity contribution in [3.8, 4) is 0 Å². The molecule has 1 saturated carbocycles. The Kier molecular flexibility index (Phi) is 5.22. The number of hydrogen-bond acceptors (Lipinski definition) is 3. The Labute approximate surface area is 161 Å². The lowest BCUT2D eigenvalue weighted by Gasteiger charge is -2.59. The predicted octanol–water partition coefficient (Wildman–Crippen LogP) is 3.16. The van der Waals surface area contributed by atoms with Gasteiger partial charge in [-0.25, -0.2) is 0 Å². The molecular weight excluding hydrogens is 340 g/mol. The monoisotopic (exact) mass is 370 g/mol. The van der Waals surface area contributed by atoms with Crippen LogP contribution >= 0.6 is 0 Å². The van der Waals surface area contributed by atoms with Gasteiger partial charge >= 0.3 is 0 Å². The van der Waals surface area contributed by atoms with Gasteiger partial charge in [0.1, 0.15) is 6.61 Å². The molecule has 2 amide bonds. The number of carbonyl (C=O) groups excluding carboxylic acids is 2. The lowest BCUT2D eigenvalue weighted by molar-refractivity contribution is -0.181. The largest absolute Gasteiger partial charge is 0.372 e. The van der Waals surface area contributed by atoms with Crippen LogP contribution in [0.15, 0.2) is 30.3 Å². The molecule has 5 nitrogen and oxygen atoms in total. The number of nitrogens with zero attached hydrogens (tertiary/aromatic N) is 2. The van der Waals surface area contributed by atoms with E-state index in [0.717, 1.165) is 51.6 Å². The summed E-state index contributed by atoms with van der Waals surface area (Å²) in [7, 11) is 0. The van der Waals surface area contributed by atoms with Crippen LogP contribution in [-0.2, 0) is 14.3 Å². The Balaban J connectivity index is 1.47. The molecule has 2 aliphatic heterocycles. The minimum atomic E-state index is -0.163. The van der Waals surface area contributed by atoms with E-state index in [-0.39, 0.29) is 30.0 Å². The van der Waals surface area contributed by atoms with Crippen LogP contribution in [0.2, 0.25) is 0 Å². The zero-order chi connectivity index (χ0) is 18.9. The fourth-order valence-electron chi connectivity index (χ4n) is 5.35. The van der Waals surface area contributed by atoms with E-state index in [1.807, 2.05) is 17.9 Å². The molecule has 3 fully saturated rings. The Morgan fingerprint density at radius 2 is 1.81 bits per heavy atom. The van der Waals surface area contributed by atoms with E-state index >= 15 is 0 Å². The molecule has 2 saturated heterocycles. The molecule has 1 unspecified atom stereocenters. The summed E-state index contributed by atoms with van der Waals surface area (Å²) in [6, 6.07) is 11.0. The van der Waals surface area contributed by atoms with Crippen molar-refractivity contribution in [2.75, 3.05) is 26.3 Å². The average Bonchev–Trinajstić information content (AvgIpc) is 3.23. The number of likely N-dealkylation sites (tertiary alicyclic amines) is 2. The van der Waals surface area contributed by atoms with Gasteiger partial charge in [0, 0.05) is 25.7 Å². The van der Waals surface area contributed by atoms with Crippen molar-refractivity contribution in [3.63, 3.8) is 0 Å². The van der Waals surface area contributed by atoms with Crippen molar-refractivity contribution < 1.29 is 14.3 Å². The van der Waals surface area contributed by atoms with Gasteiger partial charge < -0.3 is 14.5 Å². The molecule has 2 heterocycles. The third kappa shape index (κ3) is 3.16. The molecule has 1 atom stereocenters. The van der Waals surface area contributed by atoms with E-state index < -0.39 is 0 Å². The van der Waals surface area contributed by atoms with Gasteiger partial charge in [-0.3, -0.25) is 9.59 Å². The first-order valence-electron chi connectivity index (χ1n) is 10.4. The molecule has 1 aromatic rings. The minimum Gasteiger partial charge on any atom is -0.372 e. The number of ether oxygens (including phenoxy) is 1.